The minimum absolute atomic E-state index is 0.385. The van der Waals surface area contributed by atoms with Crippen molar-refractivity contribution in [3.05, 3.63) is 34.1 Å². The van der Waals surface area contributed by atoms with E-state index in [4.69, 9.17) is 11.6 Å². The second-order valence-electron chi connectivity index (χ2n) is 3.78. The fourth-order valence-corrected chi connectivity index (χ4v) is 2.21. The Morgan fingerprint density at radius 3 is 2.71 bits per heavy atom. The topological polar surface area (TPSA) is 30.7 Å². The molecule has 0 radical (unpaired) electrons. The Hall–Kier alpha value is -0.870. The molecule has 1 heterocycles. The van der Waals surface area contributed by atoms with Gasteiger partial charge in [-0.25, -0.2) is 0 Å². The molecule has 0 aliphatic rings. The van der Waals surface area contributed by atoms with Crippen molar-refractivity contribution in [3.8, 4) is 11.4 Å². The third-order valence-corrected chi connectivity index (χ3v) is 3.81. The zero-order chi connectivity index (χ0) is 12.4. The summed E-state index contributed by atoms with van der Waals surface area (Å²) in [4.78, 5) is 0. The van der Waals surface area contributed by atoms with E-state index in [-0.39, 0.29) is 0 Å². The number of alkyl halides is 1. The van der Waals surface area contributed by atoms with Crippen LogP contribution in [-0.2, 0) is 12.4 Å². The number of halogens is 2. The fourth-order valence-electron chi connectivity index (χ4n) is 1.76. The number of benzene rings is 1. The van der Waals surface area contributed by atoms with Gasteiger partial charge in [0.15, 0.2) is 5.82 Å². The zero-order valence-electron chi connectivity index (χ0n) is 9.74. The van der Waals surface area contributed by atoms with E-state index >= 15 is 0 Å². The van der Waals surface area contributed by atoms with E-state index in [1.807, 2.05) is 16.7 Å². The number of hydrogen-bond acceptors (Lipinski definition) is 2. The minimum Gasteiger partial charge on any atom is -0.310 e. The molecule has 0 atom stereocenters. The summed E-state index contributed by atoms with van der Waals surface area (Å²) in [6, 6.07) is 6.16. The maximum atomic E-state index is 5.84. The monoisotopic (exact) mass is 313 g/mol. The van der Waals surface area contributed by atoms with E-state index in [9.17, 15) is 0 Å². The first-order valence-electron chi connectivity index (χ1n) is 5.42. The average Bonchev–Trinajstić information content (AvgIpc) is 2.75. The second-order valence-corrected chi connectivity index (χ2v) is 4.90. The van der Waals surface area contributed by atoms with Crippen LogP contribution in [-0.4, -0.2) is 14.8 Å². The highest BCUT2D eigenvalue weighted by Gasteiger charge is 2.12. The number of aryl methyl sites for hydroxylation is 1. The molecule has 1 aromatic carbocycles. The van der Waals surface area contributed by atoms with Crippen LogP contribution >= 0.6 is 27.5 Å². The Morgan fingerprint density at radius 2 is 2.12 bits per heavy atom. The van der Waals surface area contributed by atoms with Crippen molar-refractivity contribution in [2.24, 2.45) is 0 Å². The molecule has 0 spiro atoms. The molecule has 0 unspecified atom stereocenters. The number of rotatable bonds is 3. The third kappa shape index (κ3) is 2.38. The summed E-state index contributed by atoms with van der Waals surface area (Å²) in [6.45, 7) is 4.94. The smallest absolute Gasteiger partial charge is 0.163 e. The van der Waals surface area contributed by atoms with E-state index in [1.165, 1.54) is 5.56 Å². The van der Waals surface area contributed by atoms with Crippen LogP contribution in [0.25, 0.3) is 11.4 Å². The Bertz CT molecular complexity index is 537. The lowest BCUT2D eigenvalue weighted by atomic mass is 10.1. The Kier molecular flexibility index (Phi) is 3.84. The van der Waals surface area contributed by atoms with Crippen LogP contribution in [0.5, 0.6) is 0 Å². The second kappa shape index (κ2) is 5.19. The maximum Gasteiger partial charge on any atom is 0.163 e. The van der Waals surface area contributed by atoms with Gasteiger partial charge in [0.05, 0.1) is 5.88 Å². The van der Waals surface area contributed by atoms with Crippen molar-refractivity contribution in [3.63, 3.8) is 0 Å². The van der Waals surface area contributed by atoms with Crippen LogP contribution in [0.15, 0.2) is 22.7 Å². The predicted molar refractivity (Wildman–Crippen MR) is 73.1 cm³/mol. The van der Waals surface area contributed by atoms with Crippen molar-refractivity contribution in [1.29, 1.82) is 0 Å². The Labute approximate surface area is 114 Å². The lowest BCUT2D eigenvalue weighted by Gasteiger charge is -2.07. The molecule has 0 N–H and O–H groups in total. The summed E-state index contributed by atoms with van der Waals surface area (Å²) in [7, 11) is 0. The van der Waals surface area contributed by atoms with Crippen LogP contribution < -0.4 is 0 Å². The summed E-state index contributed by atoms with van der Waals surface area (Å²) < 4.78 is 3.14. The molecule has 0 aliphatic heterocycles. The summed E-state index contributed by atoms with van der Waals surface area (Å²) in [5, 5.41) is 8.32. The Morgan fingerprint density at radius 1 is 1.35 bits per heavy atom. The van der Waals surface area contributed by atoms with Gasteiger partial charge in [-0.05, 0) is 31.5 Å². The summed E-state index contributed by atoms with van der Waals surface area (Å²) in [5.41, 5.74) is 2.25. The molecule has 0 bridgehead atoms. The molecular weight excluding hydrogens is 302 g/mol. The molecule has 5 heteroatoms. The average molecular weight is 315 g/mol. The molecule has 0 amide bonds. The van der Waals surface area contributed by atoms with Gasteiger partial charge in [-0.2, -0.15) is 0 Å². The highest BCUT2D eigenvalue weighted by Crippen LogP contribution is 2.24. The molecule has 1 aromatic heterocycles. The van der Waals surface area contributed by atoms with Crippen LogP contribution in [0.4, 0.5) is 0 Å². The summed E-state index contributed by atoms with van der Waals surface area (Å²) in [6.07, 6.45) is 0. The first-order chi connectivity index (χ1) is 8.17. The fraction of sp³-hybridized carbons (Fsp3) is 0.333. The van der Waals surface area contributed by atoms with Crippen LogP contribution in [0.3, 0.4) is 0 Å². The zero-order valence-corrected chi connectivity index (χ0v) is 12.1. The van der Waals surface area contributed by atoms with Crippen LogP contribution in [0.2, 0.25) is 0 Å². The molecule has 0 aliphatic carbocycles. The maximum absolute atomic E-state index is 5.84. The standard InChI is InChI=1S/C12H13BrClN3/c1-3-17-11(7-14)15-16-12(17)9-4-5-10(13)8(2)6-9/h4-6H,3,7H2,1-2H3. The molecule has 0 saturated heterocycles. The normalized spacial score (nSPS) is 10.8. The highest BCUT2D eigenvalue weighted by molar-refractivity contribution is 9.10. The van der Waals surface area contributed by atoms with Gasteiger partial charge in [0, 0.05) is 16.6 Å². The molecule has 3 nitrogen and oxygen atoms in total. The van der Waals surface area contributed by atoms with E-state index in [0.29, 0.717) is 5.88 Å². The molecule has 0 fully saturated rings. The number of aromatic nitrogens is 3. The van der Waals surface area contributed by atoms with Gasteiger partial charge in [-0.15, -0.1) is 21.8 Å². The van der Waals surface area contributed by atoms with Crippen LogP contribution in [0, 0.1) is 6.92 Å². The lowest BCUT2D eigenvalue weighted by Crippen LogP contribution is -2.02. The molecule has 90 valence electrons. The highest BCUT2D eigenvalue weighted by atomic mass is 79.9. The van der Waals surface area contributed by atoms with Crippen molar-refractivity contribution < 1.29 is 0 Å². The van der Waals surface area contributed by atoms with Gasteiger partial charge in [-0.3, -0.25) is 0 Å². The van der Waals surface area contributed by atoms with E-state index in [0.717, 1.165) is 28.2 Å². The third-order valence-electron chi connectivity index (χ3n) is 2.68. The van der Waals surface area contributed by atoms with E-state index < -0.39 is 0 Å². The predicted octanol–water partition coefficient (Wildman–Crippen LogP) is 3.77. The van der Waals surface area contributed by atoms with E-state index in [1.54, 1.807) is 0 Å². The van der Waals surface area contributed by atoms with Gasteiger partial charge in [0.1, 0.15) is 5.82 Å². The number of nitrogens with zero attached hydrogens (tertiary/aromatic N) is 3. The van der Waals surface area contributed by atoms with Crippen molar-refractivity contribution in [2.75, 3.05) is 0 Å². The van der Waals surface area contributed by atoms with Gasteiger partial charge < -0.3 is 4.57 Å². The molecule has 0 saturated carbocycles. The lowest BCUT2D eigenvalue weighted by molar-refractivity contribution is 0.731. The van der Waals surface area contributed by atoms with Gasteiger partial charge in [-0.1, -0.05) is 22.0 Å². The quantitative estimate of drug-likeness (QED) is 0.807. The van der Waals surface area contributed by atoms with Gasteiger partial charge >= 0.3 is 0 Å². The first kappa shape index (κ1) is 12.6. The minimum atomic E-state index is 0.385. The SMILES string of the molecule is CCn1c(CCl)nnc1-c1ccc(Br)c(C)c1. The molecule has 2 rings (SSSR count). The van der Waals surface area contributed by atoms with Crippen molar-refractivity contribution in [1.82, 2.24) is 14.8 Å². The molecule has 17 heavy (non-hydrogen) atoms. The van der Waals surface area contributed by atoms with Crippen LogP contribution in [0.1, 0.15) is 18.3 Å². The van der Waals surface area contributed by atoms with Crippen molar-refractivity contribution in [2.45, 2.75) is 26.3 Å². The largest absolute Gasteiger partial charge is 0.310 e. The summed E-state index contributed by atoms with van der Waals surface area (Å²) in [5.74, 6) is 2.07. The molecular formula is C12H13BrClN3. The number of hydrogen-bond donors (Lipinski definition) is 0. The van der Waals surface area contributed by atoms with E-state index in [2.05, 4.69) is 46.0 Å². The van der Waals surface area contributed by atoms with Gasteiger partial charge in [0.25, 0.3) is 0 Å². The van der Waals surface area contributed by atoms with Gasteiger partial charge in [0.2, 0.25) is 0 Å². The summed E-state index contributed by atoms with van der Waals surface area (Å²) >= 11 is 9.33. The first-order valence-corrected chi connectivity index (χ1v) is 6.74. The molecule has 2 aromatic rings. The van der Waals surface area contributed by atoms with Crippen molar-refractivity contribution >= 4 is 27.5 Å². The Balaban J connectivity index is 2.52.